The number of carbonyl (C=O) groups is 1. The van der Waals surface area contributed by atoms with Gasteiger partial charge in [0.25, 0.3) is 5.69 Å². The van der Waals surface area contributed by atoms with Crippen molar-refractivity contribution in [2.75, 3.05) is 18.1 Å². The van der Waals surface area contributed by atoms with Crippen LogP contribution in [0.15, 0.2) is 23.4 Å². The van der Waals surface area contributed by atoms with Crippen LogP contribution < -0.4 is 5.32 Å². The molecule has 0 unspecified atom stereocenters. The van der Waals surface area contributed by atoms with E-state index in [1.165, 1.54) is 13.0 Å². The van der Waals surface area contributed by atoms with E-state index in [4.69, 9.17) is 0 Å². The first-order chi connectivity index (χ1) is 12.8. The van der Waals surface area contributed by atoms with Crippen molar-refractivity contribution >= 4 is 28.9 Å². The van der Waals surface area contributed by atoms with Crippen molar-refractivity contribution < 1.29 is 9.72 Å². The average molecular weight is 391 g/mol. The minimum absolute atomic E-state index is 0.0876. The second-order valence-corrected chi connectivity index (χ2v) is 7.46. The molecular formula is C18H25N5O3S. The smallest absolute Gasteiger partial charge is 0.293 e. The van der Waals surface area contributed by atoms with Gasteiger partial charge < -0.3 is 9.88 Å². The number of ketones is 1. The molecule has 0 aliphatic carbocycles. The minimum Gasteiger partial charge on any atom is -0.379 e. The zero-order valence-electron chi connectivity index (χ0n) is 16.1. The Hall–Kier alpha value is -2.42. The van der Waals surface area contributed by atoms with Crippen LogP contribution in [0.25, 0.3) is 0 Å². The number of hydrogen-bond donors (Lipinski definition) is 1. The molecule has 0 aliphatic rings. The van der Waals surface area contributed by atoms with Gasteiger partial charge in [0.05, 0.1) is 4.92 Å². The number of nitro benzene ring substituents is 1. The van der Waals surface area contributed by atoms with E-state index in [1.54, 1.807) is 23.9 Å². The van der Waals surface area contributed by atoms with E-state index in [0.717, 1.165) is 30.4 Å². The van der Waals surface area contributed by atoms with Gasteiger partial charge >= 0.3 is 0 Å². The number of aromatic nitrogens is 3. The zero-order chi connectivity index (χ0) is 20.0. The number of nitrogens with one attached hydrogen (secondary N) is 1. The van der Waals surface area contributed by atoms with Gasteiger partial charge in [-0.2, -0.15) is 0 Å². The van der Waals surface area contributed by atoms with Gasteiger partial charge in [-0.3, -0.25) is 14.9 Å². The zero-order valence-corrected chi connectivity index (χ0v) is 16.9. The van der Waals surface area contributed by atoms with Crippen LogP contribution in [0, 0.1) is 16.0 Å². The molecule has 2 rings (SSSR count). The fourth-order valence-electron chi connectivity index (χ4n) is 2.72. The van der Waals surface area contributed by atoms with Crippen molar-refractivity contribution in [3.05, 3.63) is 39.7 Å². The monoisotopic (exact) mass is 391 g/mol. The summed E-state index contributed by atoms with van der Waals surface area (Å²) in [6.07, 6.45) is 3.47. The quantitative estimate of drug-likeness (QED) is 0.216. The molecule has 1 aromatic heterocycles. The Balaban J connectivity index is 2.00. The molecule has 27 heavy (non-hydrogen) atoms. The lowest BCUT2D eigenvalue weighted by molar-refractivity contribution is -0.384. The second-order valence-electron chi connectivity index (χ2n) is 6.68. The van der Waals surface area contributed by atoms with Gasteiger partial charge in [-0.05, 0) is 37.7 Å². The topological polar surface area (TPSA) is 103 Å². The van der Waals surface area contributed by atoms with Crippen molar-refractivity contribution in [3.63, 3.8) is 0 Å². The lowest BCUT2D eigenvalue weighted by atomic mass is 10.1. The molecule has 1 heterocycles. The molecule has 0 radical (unpaired) electrons. The summed E-state index contributed by atoms with van der Waals surface area (Å²) in [5.74, 6) is 1.22. The molecule has 0 atom stereocenters. The third-order valence-corrected chi connectivity index (χ3v) is 4.68. The third kappa shape index (κ3) is 5.53. The predicted octanol–water partition coefficient (Wildman–Crippen LogP) is 3.81. The van der Waals surface area contributed by atoms with Crippen LogP contribution in [0.4, 0.5) is 11.4 Å². The maximum atomic E-state index is 11.4. The van der Waals surface area contributed by atoms with E-state index >= 15 is 0 Å². The Morgan fingerprint density at radius 1 is 1.37 bits per heavy atom. The standard InChI is InChI=1S/C18H25N5O3S/c1-12(2)11-22-17(20-21-18(22)27-4)6-5-9-19-15-8-7-14(13(3)24)10-16(15)23(25)26/h7-8,10,12,19H,5-6,9,11H2,1-4H3. The van der Waals surface area contributed by atoms with Crippen LogP contribution in [0.2, 0.25) is 0 Å². The molecular weight excluding hydrogens is 366 g/mol. The summed E-state index contributed by atoms with van der Waals surface area (Å²) in [6, 6.07) is 4.50. The lowest BCUT2D eigenvalue weighted by Gasteiger charge is -2.12. The Kier molecular flexibility index (Phi) is 7.35. The van der Waals surface area contributed by atoms with Crippen molar-refractivity contribution in [1.82, 2.24) is 14.8 Å². The number of thioether (sulfide) groups is 1. The highest BCUT2D eigenvalue weighted by molar-refractivity contribution is 7.98. The van der Waals surface area contributed by atoms with Crippen molar-refractivity contribution in [1.29, 1.82) is 0 Å². The Morgan fingerprint density at radius 2 is 2.11 bits per heavy atom. The van der Waals surface area contributed by atoms with E-state index in [2.05, 4.69) is 33.9 Å². The third-order valence-electron chi connectivity index (χ3n) is 4.02. The number of Topliss-reactive ketones (excluding diaryl/α,β-unsaturated/α-hetero) is 1. The van der Waals surface area contributed by atoms with Crippen LogP contribution in [0.3, 0.4) is 0 Å². The summed E-state index contributed by atoms with van der Waals surface area (Å²) in [6.45, 7) is 7.12. The molecule has 1 aromatic carbocycles. The first-order valence-corrected chi connectivity index (χ1v) is 10.0. The van der Waals surface area contributed by atoms with Gasteiger partial charge in [0.15, 0.2) is 10.9 Å². The van der Waals surface area contributed by atoms with Gasteiger partial charge in [0.2, 0.25) is 0 Å². The van der Waals surface area contributed by atoms with Crippen LogP contribution in [0.5, 0.6) is 0 Å². The fourth-order valence-corrected chi connectivity index (χ4v) is 3.25. The molecule has 9 heteroatoms. The predicted molar refractivity (Wildman–Crippen MR) is 107 cm³/mol. The lowest BCUT2D eigenvalue weighted by Crippen LogP contribution is -2.12. The van der Waals surface area contributed by atoms with Crippen LogP contribution in [-0.2, 0) is 13.0 Å². The summed E-state index contributed by atoms with van der Waals surface area (Å²) < 4.78 is 2.14. The van der Waals surface area contributed by atoms with E-state index in [-0.39, 0.29) is 11.5 Å². The normalized spacial score (nSPS) is 11.0. The fraction of sp³-hybridized carbons (Fsp3) is 0.500. The molecule has 146 valence electrons. The number of aryl methyl sites for hydroxylation is 1. The van der Waals surface area contributed by atoms with Crippen molar-refractivity contribution in [2.24, 2.45) is 5.92 Å². The number of carbonyl (C=O) groups excluding carboxylic acids is 1. The number of anilines is 1. The Labute approximate surface area is 162 Å². The van der Waals surface area contributed by atoms with Crippen molar-refractivity contribution in [2.45, 2.75) is 45.3 Å². The van der Waals surface area contributed by atoms with Gasteiger partial charge in [-0.1, -0.05) is 25.6 Å². The van der Waals surface area contributed by atoms with Crippen LogP contribution in [0.1, 0.15) is 43.4 Å². The van der Waals surface area contributed by atoms with E-state index in [9.17, 15) is 14.9 Å². The summed E-state index contributed by atoms with van der Waals surface area (Å²) >= 11 is 1.57. The molecule has 2 aromatic rings. The summed E-state index contributed by atoms with van der Waals surface area (Å²) in [7, 11) is 0. The SMILES string of the molecule is CSc1nnc(CCCNc2ccc(C(C)=O)cc2[N+](=O)[O-])n1CC(C)C. The van der Waals surface area contributed by atoms with E-state index in [0.29, 0.717) is 23.7 Å². The summed E-state index contributed by atoms with van der Waals surface area (Å²) in [5.41, 5.74) is 0.660. The number of benzene rings is 1. The number of nitro groups is 1. The van der Waals surface area contributed by atoms with Gasteiger partial charge in [0, 0.05) is 31.1 Å². The molecule has 0 spiro atoms. The second kappa shape index (κ2) is 9.50. The maximum Gasteiger partial charge on any atom is 0.293 e. The largest absolute Gasteiger partial charge is 0.379 e. The Bertz CT molecular complexity index is 819. The van der Waals surface area contributed by atoms with Crippen LogP contribution >= 0.6 is 11.8 Å². The van der Waals surface area contributed by atoms with E-state index in [1.807, 2.05) is 6.26 Å². The average Bonchev–Trinajstić information content (AvgIpc) is 2.99. The van der Waals surface area contributed by atoms with Gasteiger partial charge in [-0.15, -0.1) is 10.2 Å². The highest BCUT2D eigenvalue weighted by Crippen LogP contribution is 2.26. The Morgan fingerprint density at radius 3 is 2.70 bits per heavy atom. The molecule has 0 amide bonds. The molecule has 0 saturated carbocycles. The summed E-state index contributed by atoms with van der Waals surface area (Å²) in [5, 5.41) is 23.8. The van der Waals surface area contributed by atoms with Crippen LogP contribution in [-0.4, -0.2) is 38.3 Å². The summed E-state index contributed by atoms with van der Waals surface area (Å²) in [4.78, 5) is 22.2. The molecule has 0 fully saturated rings. The minimum atomic E-state index is -0.473. The first kappa shape index (κ1) is 20.9. The van der Waals surface area contributed by atoms with E-state index < -0.39 is 4.92 Å². The number of rotatable bonds is 10. The number of hydrogen-bond acceptors (Lipinski definition) is 7. The maximum absolute atomic E-state index is 11.4. The molecule has 0 bridgehead atoms. The number of nitrogens with zero attached hydrogens (tertiary/aromatic N) is 4. The molecule has 0 aliphatic heterocycles. The molecule has 0 saturated heterocycles. The van der Waals surface area contributed by atoms with Crippen molar-refractivity contribution in [3.8, 4) is 0 Å². The van der Waals surface area contributed by atoms with Gasteiger partial charge in [-0.25, -0.2) is 0 Å². The first-order valence-electron chi connectivity index (χ1n) is 8.82. The highest BCUT2D eigenvalue weighted by Gasteiger charge is 2.16. The highest BCUT2D eigenvalue weighted by atomic mass is 32.2. The molecule has 1 N–H and O–H groups in total. The molecule has 8 nitrogen and oxygen atoms in total. The van der Waals surface area contributed by atoms with Gasteiger partial charge in [0.1, 0.15) is 11.5 Å².